The second-order valence-electron chi connectivity index (χ2n) is 6.31. The molecule has 4 nitrogen and oxygen atoms in total. The number of pyridine rings is 1. The third-order valence-corrected chi connectivity index (χ3v) is 6.26. The number of nitrogens with one attached hydrogen (secondary N) is 1. The predicted molar refractivity (Wildman–Crippen MR) is 108 cm³/mol. The van der Waals surface area contributed by atoms with Crippen LogP contribution in [0.5, 0.6) is 0 Å². The van der Waals surface area contributed by atoms with E-state index in [4.69, 9.17) is 0 Å². The Labute approximate surface area is 162 Å². The number of carbonyl (C=O) groups is 1. The number of H-pyrrole nitrogens is 1. The second kappa shape index (κ2) is 7.39. The number of aromatic amines is 1. The van der Waals surface area contributed by atoms with Gasteiger partial charge in [0.2, 0.25) is 10.5 Å². The predicted octanol–water partition coefficient (Wildman–Crippen LogP) is 4.42. The molecule has 26 heavy (non-hydrogen) atoms. The highest BCUT2D eigenvalue weighted by Crippen LogP contribution is 2.27. The zero-order valence-corrected chi connectivity index (χ0v) is 17.1. The molecule has 1 aromatic heterocycles. The molecule has 134 valence electrons. The summed E-state index contributed by atoms with van der Waals surface area (Å²) in [5.74, 6) is -0.160. The van der Waals surface area contributed by atoms with Gasteiger partial charge in [-0.25, -0.2) is 0 Å². The first kappa shape index (κ1) is 18.9. The fourth-order valence-corrected chi connectivity index (χ4v) is 4.75. The number of halogens is 1. The summed E-state index contributed by atoms with van der Waals surface area (Å²) in [5.41, 5.74) is 2.89. The topological polar surface area (TPSA) is 73.0 Å². The first-order chi connectivity index (χ1) is 12.3. The van der Waals surface area contributed by atoms with Crippen molar-refractivity contribution in [1.29, 1.82) is 0 Å². The maximum atomic E-state index is 13.0. The molecular weight excluding hydrogens is 414 g/mol. The number of carbonyl (C=O) groups excluding carboxylic acids is 1. The van der Waals surface area contributed by atoms with Crippen LogP contribution in [0.25, 0.3) is 10.9 Å². The molecule has 0 aliphatic rings. The van der Waals surface area contributed by atoms with Gasteiger partial charge in [-0.15, -0.1) is 0 Å². The highest BCUT2D eigenvalue weighted by Gasteiger charge is 2.26. The summed E-state index contributed by atoms with van der Waals surface area (Å²) < 4.78 is 13.7. The van der Waals surface area contributed by atoms with Crippen LogP contribution in [0.3, 0.4) is 0 Å². The van der Waals surface area contributed by atoms with E-state index < -0.39 is 11.2 Å². The Balaban J connectivity index is 2.21. The molecule has 6 heteroatoms. The van der Waals surface area contributed by atoms with Crippen molar-refractivity contribution >= 4 is 43.8 Å². The standard InChI is InChI=1S/C20H18BrNO3S/c1-11-5-4-6-14(9-11)10-26(25)20-17(13(3)23)19(24)16-12(2)7-8-15(21)18(16)22-20/h4-9H,10H2,1-3H3,(H,22,24). The van der Waals surface area contributed by atoms with Crippen LogP contribution in [0.15, 0.2) is 50.7 Å². The van der Waals surface area contributed by atoms with E-state index in [2.05, 4.69) is 20.9 Å². The Morgan fingerprint density at radius 3 is 2.62 bits per heavy atom. The van der Waals surface area contributed by atoms with Gasteiger partial charge in [0.15, 0.2) is 5.78 Å². The largest absolute Gasteiger partial charge is 0.610 e. The van der Waals surface area contributed by atoms with Crippen LogP contribution in [0.4, 0.5) is 0 Å². The van der Waals surface area contributed by atoms with Gasteiger partial charge in [0.05, 0.1) is 10.9 Å². The fourth-order valence-electron chi connectivity index (χ4n) is 3.02. The highest BCUT2D eigenvalue weighted by atomic mass is 79.9. The van der Waals surface area contributed by atoms with Crippen LogP contribution < -0.4 is 5.43 Å². The van der Waals surface area contributed by atoms with Crippen LogP contribution in [-0.2, 0) is 16.9 Å². The molecular formula is C20H18BrNO3S. The van der Waals surface area contributed by atoms with E-state index in [9.17, 15) is 14.1 Å². The summed E-state index contributed by atoms with van der Waals surface area (Å²) >= 11 is 1.88. The SMILES string of the molecule is CC(=O)c1c([S+]([O-])Cc2cccc(C)c2)[nH]c2c(Br)ccc(C)c2c1=O. The first-order valence-electron chi connectivity index (χ1n) is 8.09. The van der Waals surface area contributed by atoms with Crippen molar-refractivity contribution in [3.05, 3.63) is 73.3 Å². The minimum Gasteiger partial charge on any atom is -0.610 e. The van der Waals surface area contributed by atoms with E-state index in [0.717, 1.165) is 16.7 Å². The number of aryl methyl sites for hydroxylation is 2. The zero-order valence-electron chi connectivity index (χ0n) is 14.7. The summed E-state index contributed by atoms with van der Waals surface area (Å²) in [6, 6.07) is 11.3. The average molecular weight is 432 g/mol. The van der Waals surface area contributed by atoms with Crippen LogP contribution in [0.1, 0.15) is 34.0 Å². The first-order valence-corrected chi connectivity index (χ1v) is 10.2. The molecule has 0 bridgehead atoms. The molecule has 3 rings (SSSR count). The van der Waals surface area contributed by atoms with Gasteiger partial charge in [0.25, 0.3) is 0 Å². The normalized spacial score (nSPS) is 12.3. The van der Waals surface area contributed by atoms with Gasteiger partial charge in [-0.05, 0) is 48.3 Å². The van der Waals surface area contributed by atoms with Gasteiger partial charge in [0.1, 0.15) is 11.3 Å². The van der Waals surface area contributed by atoms with E-state index in [1.54, 1.807) is 0 Å². The number of benzene rings is 2. The number of ketones is 1. The number of aromatic nitrogens is 1. The van der Waals surface area contributed by atoms with Gasteiger partial charge >= 0.3 is 0 Å². The van der Waals surface area contributed by atoms with E-state index in [-0.39, 0.29) is 27.6 Å². The van der Waals surface area contributed by atoms with Gasteiger partial charge in [-0.3, -0.25) is 9.59 Å². The highest BCUT2D eigenvalue weighted by molar-refractivity contribution is 9.10. The van der Waals surface area contributed by atoms with Crippen molar-refractivity contribution in [2.24, 2.45) is 0 Å². The quantitative estimate of drug-likeness (QED) is 0.490. The van der Waals surface area contributed by atoms with E-state index in [0.29, 0.717) is 15.4 Å². The van der Waals surface area contributed by atoms with E-state index >= 15 is 0 Å². The number of rotatable bonds is 4. The van der Waals surface area contributed by atoms with Crippen molar-refractivity contribution in [1.82, 2.24) is 4.98 Å². The molecule has 1 atom stereocenters. The van der Waals surface area contributed by atoms with E-state index in [1.807, 2.05) is 50.2 Å². The molecule has 0 saturated heterocycles. The number of Topliss-reactive ketones (excluding diaryl/α,β-unsaturated/α-hetero) is 1. The van der Waals surface area contributed by atoms with Crippen molar-refractivity contribution in [2.75, 3.05) is 0 Å². The summed E-state index contributed by atoms with van der Waals surface area (Å²) in [5, 5.41) is 0.628. The lowest BCUT2D eigenvalue weighted by Crippen LogP contribution is -2.22. The van der Waals surface area contributed by atoms with Crippen LogP contribution in [0, 0.1) is 13.8 Å². The van der Waals surface area contributed by atoms with Crippen molar-refractivity contribution < 1.29 is 9.35 Å². The number of hydrogen-bond donors (Lipinski definition) is 1. The molecule has 0 aliphatic heterocycles. The monoisotopic (exact) mass is 431 g/mol. The maximum Gasteiger partial charge on any atom is 0.238 e. The molecule has 2 aromatic carbocycles. The third-order valence-electron chi connectivity index (χ3n) is 4.24. The Morgan fingerprint density at radius 2 is 1.96 bits per heavy atom. The molecule has 1 unspecified atom stereocenters. The lowest BCUT2D eigenvalue weighted by molar-refractivity contribution is 0.101. The summed E-state index contributed by atoms with van der Waals surface area (Å²) in [4.78, 5) is 28.2. The van der Waals surface area contributed by atoms with Gasteiger partial charge in [-0.2, -0.15) is 0 Å². The second-order valence-corrected chi connectivity index (χ2v) is 8.55. The minimum absolute atomic E-state index is 0.0234. The molecule has 0 spiro atoms. The molecule has 1 N–H and O–H groups in total. The van der Waals surface area contributed by atoms with Crippen LogP contribution in [0.2, 0.25) is 0 Å². The molecule has 0 saturated carbocycles. The third kappa shape index (κ3) is 3.49. The van der Waals surface area contributed by atoms with Crippen molar-refractivity contribution in [3.63, 3.8) is 0 Å². The van der Waals surface area contributed by atoms with Crippen molar-refractivity contribution in [3.8, 4) is 0 Å². The number of fused-ring (bicyclic) bond motifs is 1. The Hall–Kier alpha value is -1.89. The molecule has 0 aliphatic carbocycles. The maximum absolute atomic E-state index is 13.0. The molecule has 0 fully saturated rings. The lowest BCUT2D eigenvalue weighted by atomic mass is 10.1. The van der Waals surface area contributed by atoms with Crippen molar-refractivity contribution in [2.45, 2.75) is 31.6 Å². The zero-order chi connectivity index (χ0) is 19.0. The minimum atomic E-state index is -1.55. The summed E-state index contributed by atoms with van der Waals surface area (Å²) in [6.45, 7) is 5.11. The van der Waals surface area contributed by atoms with Crippen LogP contribution in [-0.4, -0.2) is 15.3 Å². The average Bonchev–Trinajstić information content (AvgIpc) is 2.57. The van der Waals surface area contributed by atoms with Gasteiger partial charge in [-0.1, -0.05) is 35.9 Å². The fraction of sp³-hybridized carbons (Fsp3) is 0.200. The molecule has 0 radical (unpaired) electrons. The number of hydrogen-bond acceptors (Lipinski definition) is 3. The van der Waals surface area contributed by atoms with E-state index in [1.165, 1.54) is 6.92 Å². The molecule has 3 aromatic rings. The van der Waals surface area contributed by atoms with Crippen LogP contribution >= 0.6 is 15.9 Å². The van der Waals surface area contributed by atoms with Gasteiger partial charge in [0, 0.05) is 21.2 Å². The lowest BCUT2D eigenvalue weighted by Gasteiger charge is -2.15. The Kier molecular flexibility index (Phi) is 5.37. The molecule has 1 heterocycles. The Bertz CT molecular complexity index is 1070. The summed E-state index contributed by atoms with van der Waals surface area (Å²) in [6.07, 6.45) is 0. The summed E-state index contributed by atoms with van der Waals surface area (Å²) in [7, 11) is 0. The molecule has 0 amide bonds. The van der Waals surface area contributed by atoms with Gasteiger partial charge < -0.3 is 9.54 Å². The Morgan fingerprint density at radius 1 is 1.23 bits per heavy atom. The smallest absolute Gasteiger partial charge is 0.238 e.